The van der Waals surface area contributed by atoms with Crippen molar-refractivity contribution in [3.63, 3.8) is 0 Å². The first kappa shape index (κ1) is 13.5. The molecule has 100 valence electrons. The highest BCUT2D eigenvalue weighted by molar-refractivity contribution is 9.10. The van der Waals surface area contributed by atoms with Crippen molar-refractivity contribution >= 4 is 33.5 Å². The zero-order valence-corrected chi connectivity index (χ0v) is 12.2. The van der Waals surface area contributed by atoms with Crippen molar-refractivity contribution in [3.8, 4) is 0 Å². The molecule has 0 atom stereocenters. The molecule has 2 rings (SSSR count). The van der Waals surface area contributed by atoms with Gasteiger partial charge >= 0.3 is 0 Å². The lowest BCUT2D eigenvalue weighted by Gasteiger charge is -2.12. The molecule has 0 aliphatic heterocycles. The number of anilines is 2. The van der Waals surface area contributed by atoms with Crippen LogP contribution in [0.1, 0.15) is 11.1 Å². The summed E-state index contributed by atoms with van der Waals surface area (Å²) in [5.74, 6) is -0.0118. The minimum Gasteiger partial charge on any atom is -0.367 e. The van der Waals surface area contributed by atoms with E-state index >= 15 is 0 Å². The van der Waals surface area contributed by atoms with Crippen molar-refractivity contribution in [2.75, 3.05) is 11.1 Å². The number of halogens is 1. The van der Waals surface area contributed by atoms with E-state index in [1.165, 1.54) is 11.0 Å². The van der Waals surface area contributed by atoms with Crippen molar-refractivity contribution in [2.45, 2.75) is 20.4 Å². The standard InChI is InChI=1S/C12H14BrN5O/c1-7-3-9(13)4-8(2)11(7)16-10(19)5-18-6-15-12(14)17-18/h3-4,6H,5H2,1-2H3,(H2,14,17)(H,16,19). The first-order valence-electron chi connectivity index (χ1n) is 5.67. The first-order chi connectivity index (χ1) is 8.95. The number of carbonyl (C=O) groups is 1. The number of nitrogen functional groups attached to an aromatic ring is 1. The minimum atomic E-state index is -0.168. The Morgan fingerprint density at radius 1 is 1.42 bits per heavy atom. The second-order valence-corrected chi connectivity index (χ2v) is 5.18. The number of nitrogens with one attached hydrogen (secondary N) is 1. The Labute approximate surface area is 119 Å². The zero-order chi connectivity index (χ0) is 14.0. The Balaban J connectivity index is 2.11. The highest BCUT2D eigenvalue weighted by Gasteiger charge is 2.09. The van der Waals surface area contributed by atoms with Crippen LogP contribution < -0.4 is 11.1 Å². The van der Waals surface area contributed by atoms with Crippen LogP contribution in [0.4, 0.5) is 11.6 Å². The molecule has 0 spiro atoms. The van der Waals surface area contributed by atoms with Gasteiger partial charge in [0.15, 0.2) is 0 Å². The van der Waals surface area contributed by atoms with E-state index in [0.29, 0.717) is 0 Å². The summed E-state index contributed by atoms with van der Waals surface area (Å²) in [5, 5.41) is 6.74. The molecular weight excluding hydrogens is 310 g/mol. The molecule has 0 unspecified atom stereocenters. The van der Waals surface area contributed by atoms with Crippen LogP contribution >= 0.6 is 15.9 Å². The average Bonchev–Trinajstić information content (AvgIpc) is 2.69. The molecule has 0 saturated carbocycles. The van der Waals surface area contributed by atoms with Gasteiger partial charge in [-0.3, -0.25) is 4.79 Å². The molecule has 0 radical (unpaired) electrons. The highest BCUT2D eigenvalue weighted by Crippen LogP contribution is 2.25. The number of aryl methyl sites for hydroxylation is 2. The van der Waals surface area contributed by atoms with Crippen LogP contribution in [0.2, 0.25) is 0 Å². The number of nitrogens with zero attached hydrogens (tertiary/aromatic N) is 3. The molecular formula is C12H14BrN5O. The summed E-state index contributed by atoms with van der Waals surface area (Å²) in [5.41, 5.74) is 8.21. The predicted octanol–water partition coefficient (Wildman–Crippen LogP) is 1.88. The van der Waals surface area contributed by atoms with Gasteiger partial charge in [0.2, 0.25) is 11.9 Å². The van der Waals surface area contributed by atoms with Gasteiger partial charge in [0.05, 0.1) is 0 Å². The zero-order valence-electron chi connectivity index (χ0n) is 10.6. The minimum absolute atomic E-state index is 0.0825. The van der Waals surface area contributed by atoms with Crippen molar-refractivity contribution < 1.29 is 4.79 Å². The molecule has 6 nitrogen and oxygen atoms in total. The van der Waals surface area contributed by atoms with E-state index in [2.05, 4.69) is 31.3 Å². The predicted molar refractivity (Wildman–Crippen MR) is 76.7 cm³/mol. The van der Waals surface area contributed by atoms with Gasteiger partial charge in [-0.1, -0.05) is 15.9 Å². The molecule has 0 aliphatic rings. The molecule has 1 amide bonds. The Kier molecular flexibility index (Phi) is 3.84. The average molecular weight is 324 g/mol. The van der Waals surface area contributed by atoms with Gasteiger partial charge in [-0.05, 0) is 37.1 Å². The summed E-state index contributed by atoms with van der Waals surface area (Å²) < 4.78 is 2.39. The SMILES string of the molecule is Cc1cc(Br)cc(C)c1NC(=O)Cn1cnc(N)n1. The summed E-state index contributed by atoms with van der Waals surface area (Å²) in [6.07, 6.45) is 1.43. The van der Waals surface area contributed by atoms with Crippen LogP contribution in [0, 0.1) is 13.8 Å². The molecule has 0 aliphatic carbocycles. The summed E-state index contributed by atoms with van der Waals surface area (Å²) >= 11 is 3.42. The fourth-order valence-electron chi connectivity index (χ4n) is 1.82. The highest BCUT2D eigenvalue weighted by atomic mass is 79.9. The van der Waals surface area contributed by atoms with E-state index in [-0.39, 0.29) is 18.4 Å². The molecule has 3 N–H and O–H groups in total. The van der Waals surface area contributed by atoms with Gasteiger partial charge in [-0.15, -0.1) is 5.10 Å². The Bertz CT molecular complexity index is 599. The maximum Gasteiger partial charge on any atom is 0.246 e. The Morgan fingerprint density at radius 3 is 2.58 bits per heavy atom. The van der Waals surface area contributed by atoms with Crippen LogP contribution in [-0.4, -0.2) is 20.7 Å². The van der Waals surface area contributed by atoms with Crippen LogP contribution in [0.15, 0.2) is 22.9 Å². The number of carbonyl (C=O) groups excluding carboxylic acids is 1. The fourth-order valence-corrected chi connectivity index (χ4v) is 2.51. The van der Waals surface area contributed by atoms with Gasteiger partial charge in [-0.2, -0.15) is 0 Å². The number of nitrogens with two attached hydrogens (primary N) is 1. The lowest BCUT2D eigenvalue weighted by atomic mass is 10.1. The number of hydrogen-bond donors (Lipinski definition) is 2. The van der Waals surface area contributed by atoms with E-state index in [1.54, 1.807) is 0 Å². The van der Waals surface area contributed by atoms with E-state index in [1.807, 2.05) is 26.0 Å². The number of hydrogen-bond acceptors (Lipinski definition) is 4. The van der Waals surface area contributed by atoms with Gasteiger partial charge in [0.25, 0.3) is 0 Å². The van der Waals surface area contributed by atoms with E-state index in [4.69, 9.17) is 5.73 Å². The maximum absolute atomic E-state index is 11.9. The maximum atomic E-state index is 11.9. The van der Waals surface area contributed by atoms with E-state index in [9.17, 15) is 4.79 Å². The van der Waals surface area contributed by atoms with Gasteiger partial charge < -0.3 is 11.1 Å². The molecule has 7 heteroatoms. The lowest BCUT2D eigenvalue weighted by Crippen LogP contribution is -2.20. The molecule has 19 heavy (non-hydrogen) atoms. The van der Waals surface area contributed by atoms with Crippen LogP contribution in [0.3, 0.4) is 0 Å². The van der Waals surface area contributed by atoms with Crippen LogP contribution in [0.5, 0.6) is 0 Å². The Morgan fingerprint density at radius 2 is 2.05 bits per heavy atom. The fraction of sp³-hybridized carbons (Fsp3) is 0.250. The van der Waals surface area contributed by atoms with Crippen molar-refractivity contribution in [2.24, 2.45) is 0 Å². The number of amides is 1. The largest absolute Gasteiger partial charge is 0.367 e. The number of benzene rings is 1. The molecule has 2 aromatic rings. The topological polar surface area (TPSA) is 85.8 Å². The second-order valence-electron chi connectivity index (χ2n) is 4.26. The number of aromatic nitrogens is 3. The van der Waals surface area contributed by atoms with Crippen molar-refractivity contribution in [1.82, 2.24) is 14.8 Å². The van der Waals surface area contributed by atoms with Crippen molar-refractivity contribution in [3.05, 3.63) is 34.1 Å². The van der Waals surface area contributed by atoms with Gasteiger partial charge in [-0.25, -0.2) is 9.67 Å². The van der Waals surface area contributed by atoms with Crippen LogP contribution in [0.25, 0.3) is 0 Å². The molecule has 1 heterocycles. The Hall–Kier alpha value is -1.89. The quantitative estimate of drug-likeness (QED) is 0.903. The van der Waals surface area contributed by atoms with E-state index in [0.717, 1.165) is 21.3 Å². The summed E-state index contributed by atoms with van der Waals surface area (Å²) in [6, 6.07) is 3.91. The summed E-state index contributed by atoms with van der Waals surface area (Å²) in [7, 11) is 0. The summed E-state index contributed by atoms with van der Waals surface area (Å²) in [4.78, 5) is 15.7. The number of rotatable bonds is 3. The van der Waals surface area contributed by atoms with Crippen LogP contribution in [-0.2, 0) is 11.3 Å². The third-order valence-corrected chi connectivity index (χ3v) is 3.08. The smallest absolute Gasteiger partial charge is 0.246 e. The molecule has 0 bridgehead atoms. The van der Waals surface area contributed by atoms with Gasteiger partial charge in [0.1, 0.15) is 12.9 Å². The summed E-state index contributed by atoms with van der Waals surface area (Å²) in [6.45, 7) is 3.97. The van der Waals surface area contributed by atoms with E-state index < -0.39 is 0 Å². The first-order valence-corrected chi connectivity index (χ1v) is 6.46. The normalized spacial score (nSPS) is 10.5. The third kappa shape index (κ3) is 3.31. The van der Waals surface area contributed by atoms with Gasteiger partial charge in [0, 0.05) is 10.2 Å². The molecule has 1 aromatic heterocycles. The molecule has 0 saturated heterocycles. The van der Waals surface area contributed by atoms with Crippen molar-refractivity contribution in [1.29, 1.82) is 0 Å². The molecule has 0 fully saturated rings. The third-order valence-electron chi connectivity index (χ3n) is 2.62. The monoisotopic (exact) mass is 323 g/mol. The lowest BCUT2D eigenvalue weighted by molar-refractivity contribution is -0.116. The second kappa shape index (κ2) is 5.40. The molecule has 1 aromatic carbocycles.